The minimum Gasteiger partial charge on any atom is -0.487 e. The van der Waals surface area contributed by atoms with Crippen LogP contribution < -0.4 is 10.1 Å². The van der Waals surface area contributed by atoms with Crippen molar-refractivity contribution in [1.29, 1.82) is 0 Å². The topological polar surface area (TPSA) is 34.1 Å². The molecule has 1 unspecified atom stereocenters. The lowest BCUT2D eigenvalue weighted by molar-refractivity contribution is 0.179. The van der Waals surface area contributed by atoms with E-state index in [0.29, 0.717) is 22.0 Å². The van der Waals surface area contributed by atoms with Crippen molar-refractivity contribution in [3.05, 3.63) is 22.4 Å². The van der Waals surface area contributed by atoms with E-state index in [2.05, 4.69) is 10.3 Å². The first-order valence-electron chi connectivity index (χ1n) is 5.38. The summed E-state index contributed by atoms with van der Waals surface area (Å²) < 4.78 is 5.77. The van der Waals surface area contributed by atoms with E-state index in [1.165, 1.54) is 6.42 Å². The molecule has 5 heteroatoms. The quantitative estimate of drug-likeness (QED) is 0.849. The fourth-order valence-electron chi connectivity index (χ4n) is 1.88. The molecule has 3 nitrogen and oxygen atoms in total. The van der Waals surface area contributed by atoms with Gasteiger partial charge >= 0.3 is 0 Å². The van der Waals surface area contributed by atoms with Gasteiger partial charge in [-0.1, -0.05) is 23.2 Å². The third-order valence-electron chi connectivity index (χ3n) is 2.76. The van der Waals surface area contributed by atoms with E-state index in [0.717, 1.165) is 13.0 Å². The van der Waals surface area contributed by atoms with Crippen molar-refractivity contribution in [2.24, 2.45) is 0 Å². The molecule has 0 radical (unpaired) electrons. The first-order chi connectivity index (χ1) is 7.66. The summed E-state index contributed by atoms with van der Waals surface area (Å²) in [5.74, 6) is 0.663. The standard InChI is InChI=1S/C11H14Cl2N2O/c1-7(10-3-2-4-14-10)16-8-5-9(12)11(13)15-6-8/h5-7,10,14H,2-4H2,1H3/t7?,10-/m0/s1. The van der Waals surface area contributed by atoms with Crippen molar-refractivity contribution in [3.63, 3.8) is 0 Å². The molecule has 0 bridgehead atoms. The van der Waals surface area contributed by atoms with E-state index < -0.39 is 0 Å². The largest absolute Gasteiger partial charge is 0.487 e. The number of hydrogen-bond acceptors (Lipinski definition) is 3. The Kier molecular flexibility index (Phi) is 3.90. The van der Waals surface area contributed by atoms with Crippen LogP contribution in [0.1, 0.15) is 19.8 Å². The molecule has 0 saturated carbocycles. The van der Waals surface area contributed by atoms with Crippen LogP contribution in [0.4, 0.5) is 0 Å². The molecular formula is C11H14Cl2N2O. The van der Waals surface area contributed by atoms with Crippen LogP contribution in [0.25, 0.3) is 0 Å². The van der Waals surface area contributed by atoms with Gasteiger partial charge in [0.1, 0.15) is 17.0 Å². The summed E-state index contributed by atoms with van der Waals surface area (Å²) in [5.41, 5.74) is 0. The molecule has 1 aliphatic rings. The Morgan fingerprint density at radius 2 is 2.38 bits per heavy atom. The van der Waals surface area contributed by atoms with Gasteiger partial charge in [0.05, 0.1) is 11.2 Å². The predicted molar refractivity (Wildman–Crippen MR) is 65.4 cm³/mol. The van der Waals surface area contributed by atoms with Gasteiger partial charge in [0.15, 0.2) is 0 Å². The number of rotatable bonds is 3. The molecule has 1 fully saturated rings. The van der Waals surface area contributed by atoms with Crippen molar-refractivity contribution in [2.45, 2.75) is 31.9 Å². The highest BCUT2D eigenvalue weighted by Crippen LogP contribution is 2.25. The number of ether oxygens (including phenoxy) is 1. The first kappa shape index (κ1) is 12.0. The summed E-state index contributed by atoms with van der Waals surface area (Å²) >= 11 is 11.6. The smallest absolute Gasteiger partial charge is 0.147 e. The average molecular weight is 261 g/mol. The highest BCUT2D eigenvalue weighted by Gasteiger charge is 2.22. The van der Waals surface area contributed by atoms with Gasteiger partial charge in [-0.2, -0.15) is 0 Å². The summed E-state index contributed by atoms with van der Waals surface area (Å²) in [6.45, 7) is 3.11. The van der Waals surface area contributed by atoms with Crippen LogP contribution in [0.3, 0.4) is 0 Å². The Balaban J connectivity index is 1.99. The molecule has 1 saturated heterocycles. The van der Waals surface area contributed by atoms with Crippen LogP contribution in [-0.2, 0) is 0 Å². The van der Waals surface area contributed by atoms with Crippen LogP contribution in [0.2, 0.25) is 10.2 Å². The van der Waals surface area contributed by atoms with Crippen LogP contribution >= 0.6 is 23.2 Å². The van der Waals surface area contributed by atoms with E-state index in [9.17, 15) is 0 Å². The molecule has 2 rings (SSSR count). The summed E-state index contributed by atoms with van der Waals surface area (Å²) in [5, 5.41) is 4.13. The zero-order chi connectivity index (χ0) is 11.5. The van der Waals surface area contributed by atoms with Crippen molar-refractivity contribution >= 4 is 23.2 Å². The second kappa shape index (κ2) is 5.21. The lowest BCUT2D eigenvalue weighted by Crippen LogP contribution is -2.36. The van der Waals surface area contributed by atoms with Gasteiger partial charge in [-0.3, -0.25) is 0 Å². The lowest BCUT2D eigenvalue weighted by atomic mass is 10.1. The second-order valence-corrected chi connectivity index (χ2v) is 4.73. The van der Waals surface area contributed by atoms with Crippen molar-refractivity contribution in [1.82, 2.24) is 10.3 Å². The predicted octanol–water partition coefficient (Wildman–Crippen LogP) is 2.91. The van der Waals surface area contributed by atoms with Crippen molar-refractivity contribution < 1.29 is 4.74 Å². The van der Waals surface area contributed by atoms with E-state index in [1.54, 1.807) is 12.3 Å². The van der Waals surface area contributed by atoms with Gasteiger partial charge in [-0.25, -0.2) is 4.98 Å². The molecule has 88 valence electrons. The average Bonchev–Trinajstić information content (AvgIpc) is 2.77. The molecule has 0 aliphatic carbocycles. The number of halogens is 2. The van der Waals surface area contributed by atoms with Crippen LogP contribution in [0.5, 0.6) is 5.75 Å². The number of aromatic nitrogens is 1. The Hall–Kier alpha value is -0.510. The van der Waals surface area contributed by atoms with Gasteiger partial charge < -0.3 is 10.1 Å². The van der Waals surface area contributed by atoms with Crippen LogP contribution in [0, 0.1) is 0 Å². The maximum Gasteiger partial charge on any atom is 0.147 e. The molecule has 2 heterocycles. The normalized spacial score (nSPS) is 22.1. The maximum atomic E-state index is 5.87. The summed E-state index contributed by atoms with van der Waals surface area (Å²) in [6.07, 6.45) is 4.06. The number of nitrogens with zero attached hydrogens (tertiary/aromatic N) is 1. The zero-order valence-corrected chi connectivity index (χ0v) is 10.6. The third-order valence-corrected chi connectivity index (χ3v) is 3.44. The Morgan fingerprint density at radius 3 is 3.00 bits per heavy atom. The molecule has 16 heavy (non-hydrogen) atoms. The molecule has 0 aromatic carbocycles. The second-order valence-electron chi connectivity index (χ2n) is 3.97. The fraction of sp³-hybridized carbons (Fsp3) is 0.545. The highest BCUT2D eigenvalue weighted by atomic mass is 35.5. The fourth-order valence-corrected chi connectivity index (χ4v) is 2.14. The SMILES string of the molecule is CC(Oc1cnc(Cl)c(Cl)c1)[C@@H]1CCCN1. The van der Waals surface area contributed by atoms with Gasteiger partial charge in [0.2, 0.25) is 0 Å². The van der Waals surface area contributed by atoms with E-state index in [-0.39, 0.29) is 6.10 Å². The van der Waals surface area contributed by atoms with Crippen molar-refractivity contribution in [3.8, 4) is 5.75 Å². The summed E-state index contributed by atoms with van der Waals surface area (Å²) in [7, 11) is 0. The molecule has 1 N–H and O–H groups in total. The van der Waals surface area contributed by atoms with E-state index in [4.69, 9.17) is 27.9 Å². The Morgan fingerprint density at radius 1 is 1.56 bits per heavy atom. The molecule has 0 amide bonds. The van der Waals surface area contributed by atoms with Crippen LogP contribution in [0.15, 0.2) is 12.3 Å². The number of pyridine rings is 1. The monoisotopic (exact) mass is 260 g/mol. The van der Waals surface area contributed by atoms with Crippen LogP contribution in [-0.4, -0.2) is 23.7 Å². The zero-order valence-electron chi connectivity index (χ0n) is 9.04. The summed E-state index contributed by atoms with van der Waals surface area (Å²) in [6, 6.07) is 2.11. The first-order valence-corrected chi connectivity index (χ1v) is 6.13. The van der Waals surface area contributed by atoms with E-state index in [1.807, 2.05) is 6.92 Å². The maximum absolute atomic E-state index is 5.87. The molecule has 1 aromatic heterocycles. The van der Waals surface area contributed by atoms with Gasteiger partial charge in [0, 0.05) is 12.1 Å². The minimum absolute atomic E-state index is 0.113. The minimum atomic E-state index is 0.113. The third kappa shape index (κ3) is 2.78. The van der Waals surface area contributed by atoms with Crippen molar-refractivity contribution in [2.75, 3.05) is 6.54 Å². The van der Waals surface area contributed by atoms with E-state index >= 15 is 0 Å². The highest BCUT2D eigenvalue weighted by molar-refractivity contribution is 6.41. The number of nitrogens with one attached hydrogen (secondary N) is 1. The molecule has 1 aliphatic heterocycles. The molecule has 1 aromatic rings. The number of hydrogen-bond donors (Lipinski definition) is 1. The molecular weight excluding hydrogens is 247 g/mol. The van der Waals surface area contributed by atoms with Gasteiger partial charge in [-0.15, -0.1) is 0 Å². The summed E-state index contributed by atoms with van der Waals surface area (Å²) in [4.78, 5) is 3.95. The molecule has 2 atom stereocenters. The van der Waals surface area contributed by atoms with Gasteiger partial charge in [0.25, 0.3) is 0 Å². The Labute approximate surface area is 105 Å². The van der Waals surface area contributed by atoms with Gasteiger partial charge in [-0.05, 0) is 26.3 Å². The molecule has 0 spiro atoms. The Bertz CT molecular complexity index is 367. The lowest BCUT2D eigenvalue weighted by Gasteiger charge is -2.21.